The summed E-state index contributed by atoms with van der Waals surface area (Å²) in [5.74, 6) is 1.38. The van der Waals surface area contributed by atoms with E-state index in [-0.39, 0.29) is 24.5 Å². The normalized spacial score (nSPS) is 26.4. The Kier molecular flexibility index (Phi) is 4.05. The van der Waals surface area contributed by atoms with Gasteiger partial charge in [0.05, 0.1) is 0 Å². The quantitative estimate of drug-likeness (QED) is 0.903. The number of aliphatic hydroxyl groups is 1. The Bertz CT molecular complexity index is 469. The first kappa shape index (κ1) is 13.6. The van der Waals surface area contributed by atoms with Gasteiger partial charge < -0.3 is 14.6 Å². The van der Waals surface area contributed by atoms with Crippen LogP contribution in [0.2, 0.25) is 0 Å². The topological polar surface area (TPSA) is 58.4 Å². The van der Waals surface area contributed by atoms with Crippen LogP contribution in [0.3, 0.4) is 0 Å². The van der Waals surface area contributed by atoms with E-state index in [9.17, 15) is 9.90 Å². The summed E-state index contributed by atoms with van der Waals surface area (Å²) in [6.45, 7) is 1.92. The van der Waals surface area contributed by atoms with Gasteiger partial charge >= 0.3 is 0 Å². The lowest BCUT2D eigenvalue weighted by molar-refractivity contribution is -0.140. The molecule has 1 aromatic heterocycles. The van der Waals surface area contributed by atoms with Crippen molar-refractivity contribution >= 4 is 5.91 Å². The molecule has 5 heteroatoms. The SMILES string of the molecule is O=C(C1CCn2ccnc2C1)N1CCCCC1CCO. The van der Waals surface area contributed by atoms with Crippen molar-refractivity contribution in [3.8, 4) is 0 Å². The van der Waals surface area contributed by atoms with Crippen LogP contribution in [0.1, 0.15) is 37.9 Å². The summed E-state index contributed by atoms with van der Waals surface area (Å²) in [4.78, 5) is 19.2. The number of aromatic nitrogens is 2. The van der Waals surface area contributed by atoms with Gasteiger partial charge in [-0.3, -0.25) is 4.79 Å². The van der Waals surface area contributed by atoms with E-state index in [0.29, 0.717) is 6.42 Å². The zero-order valence-corrected chi connectivity index (χ0v) is 11.9. The van der Waals surface area contributed by atoms with Crippen LogP contribution in [0.4, 0.5) is 0 Å². The van der Waals surface area contributed by atoms with Gasteiger partial charge in [0.25, 0.3) is 0 Å². The second-order valence-corrected chi connectivity index (χ2v) is 5.92. The lowest BCUT2D eigenvalue weighted by Crippen LogP contribution is -2.48. The summed E-state index contributed by atoms with van der Waals surface area (Å²) in [5, 5.41) is 9.18. The minimum atomic E-state index is 0.0733. The van der Waals surface area contributed by atoms with Crippen LogP contribution in [-0.4, -0.2) is 44.7 Å². The molecule has 5 nitrogen and oxygen atoms in total. The molecule has 110 valence electrons. The van der Waals surface area contributed by atoms with Crippen LogP contribution in [0.5, 0.6) is 0 Å². The Balaban J connectivity index is 1.68. The summed E-state index contributed by atoms with van der Waals surface area (Å²) in [7, 11) is 0. The average molecular weight is 277 g/mol. The second-order valence-electron chi connectivity index (χ2n) is 5.92. The molecule has 3 heterocycles. The maximum atomic E-state index is 12.8. The molecule has 1 fully saturated rings. The minimum Gasteiger partial charge on any atom is -0.396 e. The van der Waals surface area contributed by atoms with Crippen LogP contribution in [0.15, 0.2) is 12.4 Å². The number of carbonyl (C=O) groups is 1. The van der Waals surface area contributed by atoms with Gasteiger partial charge in [-0.2, -0.15) is 0 Å². The molecule has 1 amide bonds. The summed E-state index contributed by atoms with van der Waals surface area (Å²) < 4.78 is 2.14. The van der Waals surface area contributed by atoms with E-state index in [0.717, 1.165) is 44.6 Å². The first-order valence-electron chi connectivity index (χ1n) is 7.71. The molecule has 2 atom stereocenters. The maximum absolute atomic E-state index is 12.8. The van der Waals surface area contributed by atoms with Gasteiger partial charge in [0.15, 0.2) is 0 Å². The number of rotatable bonds is 3. The summed E-state index contributed by atoms with van der Waals surface area (Å²) in [6, 6.07) is 0.239. The van der Waals surface area contributed by atoms with Gasteiger partial charge in [-0.15, -0.1) is 0 Å². The Morgan fingerprint density at radius 2 is 2.25 bits per heavy atom. The maximum Gasteiger partial charge on any atom is 0.226 e. The first-order chi connectivity index (χ1) is 9.79. The van der Waals surface area contributed by atoms with E-state index >= 15 is 0 Å². The van der Waals surface area contributed by atoms with E-state index < -0.39 is 0 Å². The van der Waals surface area contributed by atoms with Crippen LogP contribution in [-0.2, 0) is 17.8 Å². The van der Waals surface area contributed by atoms with E-state index in [2.05, 4.69) is 9.55 Å². The number of nitrogens with zero attached hydrogens (tertiary/aromatic N) is 3. The number of hydrogen-bond donors (Lipinski definition) is 1. The zero-order chi connectivity index (χ0) is 13.9. The smallest absolute Gasteiger partial charge is 0.226 e. The molecular weight excluding hydrogens is 254 g/mol. The van der Waals surface area contributed by atoms with Crippen LogP contribution in [0, 0.1) is 5.92 Å². The van der Waals surface area contributed by atoms with Crippen molar-refractivity contribution in [1.82, 2.24) is 14.5 Å². The third-order valence-electron chi connectivity index (χ3n) is 4.67. The van der Waals surface area contributed by atoms with Crippen LogP contribution < -0.4 is 0 Å². The fraction of sp³-hybridized carbons (Fsp3) is 0.733. The third-order valence-corrected chi connectivity index (χ3v) is 4.67. The van der Waals surface area contributed by atoms with Crippen LogP contribution in [0.25, 0.3) is 0 Å². The summed E-state index contributed by atoms with van der Waals surface area (Å²) >= 11 is 0. The van der Waals surface area contributed by atoms with Crippen molar-refractivity contribution in [3.63, 3.8) is 0 Å². The van der Waals surface area contributed by atoms with Crippen molar-refractivity contribution in [1.29, 1.82) is 0 Å². The molecule has 0 bridgehead atoms. The molecule has 0 aromatic carbocycles. The predicted octanol–water partition coefficient (Wildman–Crippen LogP) is 1.21. The standard InChI is InChI=1S/C15H23N3O2/c19-10-5-13-3-1-2-7-18(13)15(20)12-4-8-17-9-6-16-14(17)11-12/h6,9,12-13,19H,1-5,7-8,10-11H2. The number of fused-ring (bicyclic) bond motifs is 1. The van der Waals surface area contributed by atoms with Gasteiger partial charge in [0.1, 0.15) is 5.82 Å². The third kappa shape index (κ3) is 2.59. The highest BCUT2D eigenvalue weighted by Crippen LogP contribution is 2.26. The average Bonchev–Trinajstić information content (AvgIpc) is 2.95. The Hall–Kier alpha value is -1.36. The molecule has 0 spiro atoms. The molecule has 1 saturated heterocycles. The number of amides is 1. The highest BCUT2D eigenvalue weighted by molar-refractivity contribution is 5.79. The Morgan fingerprint density at radius 1 is 1.35 bits per heavy atom. The fourth-order valence-corrected chi connectivity index (χ4v) is 3.54. The highest BCUT2D eigenvalue weighted by Gasteiger charge is 2.33. The minimum absolute atomic E-state index is 0.0733. The lowest BCUT2D eigenvalue weighted by atomic mass is 9.92. The molecule has 0 radical (unpaired) electrons. The molecule has 2 unspecified atom stereocenters. The second kappa shape index (κ2) is 5.95. The number of piperidine rings is 1. The molecule has 2 aliphatic rings. The molecule has 0 aliphatic carbocycles. The van der Waals surface area contributed by atoms with E-state index in [1.165, 1.54) is 6.42 Å². The van der Waals surface area contributed by atoms with Gasteiger partial charge in [-0.1, -0.05) is 0 Å². The van der Waals surface area contributed by atoms with Crippen molar-refractivity contribution in [2.45, 2.75) is 51.1 Å². The highest BCUT2D eigenvalue weighted by atomic mass is 16.3. The number of carbonyl (C=O) groups excluding carboxylic acids is 1. The largest absolute Gasteiger partial charge is 0.396 e. The zero-order valence-electron chi connectivity index (χ0n) is 11.9. The number of hydrogen-bond acceptors (Lipinski definition) is 3. The molecular formula is C15H23N3O2. The number of imidazole rings is 1. The van der Waals surface area contributed by atoms with Crippen molar-refractivity contribution in [3.05, 3.63) is 18.2 Å². The van der Waals surface area contributed by atoms with Crippen molar-refractivity contribution in [2.75, 3.05) is 13.2 Å². The van der Waals surface area contributed by atoms with E-state index in [1.807, 2.05) is 17.3 Å². The van der Waals surface area contributed by atoms with E-state index in [4.69, 9.17) is 0 Å². The van der Waals surface area contributed by atoms with Gasteiger partial charge in [0, 0.05) is 50.5 Å². The molecule has 1 N–H and O–H groups in total. The molecule has 3 rings (SSSR count). The van der Waals surface area contributed by atoms with Crippen molar-refractivity contribution in [2.24, 2.45) is 5.92 Å². The van der Waals surface area contributed by atoms with E-state index in [1.54, 1.807) is 0 Å². The van der Waals surface area contributed by atoms with Crippen molar-refractivity contribution < 1.29 is 9.90 Å². The lowest BCUT2D eigenvalue weighted by Gasteiger charge is -2.38. The predicted molar refractivity (Wildman–Crippen MR) is 75.1 cm³/mol. The molecule has 1 aromatic rings. The van der Waals surface area contributed by atoms with Gasteiger partial charge in [0.2, 0.25) is 5.91 Å². The Labute approximate surface area is 119 Å². The Morgan fingerprint density at radius 3 is 3.10 bits per heavy atom. The summed E-state index contributed by atoms with van der Waals surface area (Å²) in [5.41, 5.74) is 0. The summed E-state index contributed by atoms with van der Waals surface area (Å²) in [6.07, 6.45) is 9.49. The number of aryl methyl sites for hydroxylation is 1. The van der Waals surface area contributed by atoms with Crippen LogP contribution >= 0.6 is 0 Å². The fourth-order valence-electron chi connectivity index (χ4n) is 3.54. The van der Waals surface area contributed by atoms with Gasteiger partial charge in [-0.05, 0) is 32.1 Å². The molecule has 2 aliphatic heterocycles. The molecule has 20 heavy (non-hydrogen) atoms. The number of likely N-dealkylation sites (tertiary alicyclic amines) is 1. The first-order valence-corrected chi connectivity index (χ1v) is 7.71. The number of aliphatic hydroxyl groups excluding tert-OH is 1. The molecule has 0 saturated carbocycles. The monoisotopic (exact) mass is 277 g/mol. The van der Waals surface area contributed by atoms with Gasteiger partial charge in [-0.25, -0.2) is 4.98 Å².